The normalized spacial score (nSPS) is 14.4. The van der Waals surface area contributed by atoms with Gasteiger partial charge in [-0.3, -0.25) is 9.11 Å². The van der Waals surface area contributed by atoms with E-state index in [9.17, 15) is 12.6 Å². The van der Waals surface area contributed by atoms with Crippen molar-refractivity contribution in [3.8, 4) is 0 Å². The first-order chi connectivity index (χ1) is 11.6. The molecule has 1 unspecified atom stereocenters. The fourth-order valence-corrected chi connectivity index (χ4v) is 5.65. The van der Waals surface area contributed by atoms with Gasteiger partial charge in [-0.15, -0.1) is 0 Å². The zero-order valence-corrected chi connectivity index (χ0v) is 16.6. The Morgan fingerprint density at radius 1 is 0.800 bits per heavy atom. The molecule has 2 aromatic rings. The Morgan fingerprint density at radius 3 is 1.68 bits per heavy atom. The van der Waals surface area contributed by atoms with Crippen molar-refractivity contribution in [2.75, 3.05) is 18.3 Å². The molecule has 0 radical (unpaired) electrons. The highest BCUT2D eigenvalue weighted by Gasteiger charge is 2.21. The summed E-state index contributed by atoms with van der Waals surface area (Å²) in [6.07, 6.45) is 0. The predicted molar refractivity (Wildman–Crippen MR) is 105 cm³/mol. The minimum Gasteiger partial charge on any atom is -0.278 e. The van der Waals surface area contributed by atoms with Gasteiger partial charge in [0.2, 0.25) is 0 Å². The lowest BCUT2D eigenvalue weighted by molar-refractivity contribution is 0.382. The van der Waals surface area contributed by atoms with Gasteiger partial charge >= 0.3 is 0 Å². The van der Waals surface area contributed by atoms with Crippen molar-refractivity contribution >= 4 is 25.2 Å². The van der Waals surface area contributed by atoms with Crippen molar-refractivity contribution in [3.63, 3.8) is 0 Å². The van der Waals surface area contributed by atoms with Crippen LogP contribution in [0.4, 0.5) is 0 Å². The Balaban J connectivity index is 2.19. The van der Waals surface area contributed by atoms with E-state index in [-0.39, 0.29) is 16.6 Å². The summed E-state index contributed by atoms with van der Waals surface area (Å²) < 4.78 is 38.2. The molecule has 2 aromatic carbocycles. The molecule has 0 aliphatic rings. The van der Waals surface area contributed by atoms with E-state index in [2.05, 4.69) is 5.87 Å². The van der Waals surface area contributed by atoms with Crippen LogP contribution in [-0.4, -0.2) is 41.7 Å². The number of nitrogens with zero attached hydrogens (tertiary/aromatic N) is 1. The average molecular weight is 380 g/mol. The summed E-state index contributed by atoms with van der Waals surface area (Å²) in [5, 5.41) is 0. The molecule has 0 spiro atoms. The van der Waals surface area contributed by atoms with Crippen LogP contribution in [0.5, 0.6) is 0 Å². The molecule has 0 fully saturated rings. The molecule has 0 saturated carbocycles. The molecule has 2 rings (SSSR count). The monoisotopic (exact) mass is 379 g/mol. The van der Waals surface area contributed by atoms with Crippen LogP contribution in [0.1, 0.15) is 18.1 Å². The Hall–Kier alpha value is -1.63. The molecule has 0 aliphatic carbocycles. The second kappa shape index (κ2) is 7.72. The molecule has 1 atom stereocenters. The summed E-state index contributed by atoms with van der Waals surface area (Å²) in [6, 6.07) is 14.2. The van der Waals surface area contributed by atoms with Crippen molar-refractivity contribution < 1.29 is 12.6 Å². The molecule has 0 bridgehead atoms. The lowest BCUT2D eigenvalue weighted by Crippen LogP contribution is -2.34. The van der Waals surface area contributed by atoms with Gasteiger partial charge in [0.1, 0.15) is 5.88 Å². The first kappa shape index (κ1) is 19.7. The number of rotatable bonds is 7. The van der Waals surface area contributed by atoms with Crippen LogP contribution in [0.15, 0.2) is 58.3 Å². The topological polar surface area (TPSA) is 54.5 Å². The smallest absolute Gasteiger partial charge is 0.191 e. The van der Waals surface area contributed by atoms with Crippen LogP contribution in [-0.2, 0) is 19.4 Å². The van der Waals surface area contributed by atoms with Gasteiger partial charge < -0.3 is 0 Å². The number of sulfone groups is 1. The van der Waals surface area contributed by atoms with Crippen LogP contribution >= 0.6 is 0 Å². The fraction of sp³-hybridized carbons (Fsp3) is 0.316. The van der Waals surface area contributed by atoms with E-state index >= 15 is 0 Å². The van der Waals surface area contributed by atoms with E-state index < -0.39 is 19.4 Å². The summed E-state index contributed by atoms with van der Waals surface area (Å²) in [5.74, 6) is 3.80. The van der Waals surface area contributed by atoms with E-state index in [1.165, 1.54) is 0 Å². The van der Waals surface area contributed by atoms with Gasteiger partial charge in [-0.25, -0.2) is 8.42 Å². The van der Waals surface area contributed by atoms with E-state index in [0.29, 0.717) is 11.4 Å². The number of hydrogen-bond donors (Lipinski definition) is 0. The van der Waals surface area contributed by atoms with Gasteiger partial charge in [-0.05, 0) is 50.5 Å². The van der Waals surface area contributed by atoms with Crippen LogP contribution in [0.25, 0.3) is 0 Å². The van der Waals surface area contributed by atoms with Crippen molar-refractivity contribution in [2.45, 2.75) is 30.6 Å². The lowest BCUT2D eigenvalue weighted by Gasteiger charge is -2.23. The van der Waals surface area contributed by atoms with Crippen LogP contribution < -0.4 is 0 Å². The molecule has 0 amide bonds. The van der Waals surface area contributed by atoms with Gasteiger partial charge in [-0.1, -0.05) is 42.3 Å². The first-order valence-corrected chi connectivity index (χ1v) is 11.6. The number of hydrogen-bond acceptors (Lipinski definition) is 4. The minimum atomic E-state index is -3.48. The third kappa shape index (κ3) is 5.17. The summed E-state index contributed by atoms with van der Waals surface area (Å²) in [7, 11) is -6.07. The van der Waals surface area contributed by atoms with Crippen molar-refractivity contribution in [1.82, 2.24) is 4.90 Å². The minimum absolute atomic E-state index is 0.109. The van der Waals surface area contributed by atoms with E-state index in [0.717, 1.165) is 11.1 Å². The molecular weight excluding hydrogens is 354 g/mol. The highest BCUT2D eigenvalue weighted by molar-refractivity contribution is 8.00. The molecule has 0 heterocycles. The molecule has 6 heteroatoms. The molecule has 0 saturated heterocycles. The maximum Gasteiger partial charge on any atom is 0.191 e. The van der Waals surface area contributed by atoms with Crippen molar-refractivity contribution in [3.05, 3.63) is 59.7 Å². The third-order valence-corrected chi connectivity index (χ3v) is 7.63. The van der Waals surface area contributed by atoms with Crippen molar-refractivity contribution in [2.24, 2.45) is 0 Å². The van der Waals surface area contributed by atoms with Crippen LogP contribution in [0, 0.1) is 13.8 Å². The Kier molecular flexibility index (Phi) is 6.08. The van der Waals surface area contributed by atoms with E-state index in [4.69, 9.17) is 0 Å². The second-order valence-corrected chi connectivity index (χ2v) is 10.6. The maximum absolute atomic E-state index is 13.0. The van der Waals surface area contributed by atoms with Crippen LogP contribution in [0.2, 0.25) is 0 Å². The highest BCUT2D eigenvalue weighted by atomic mass is 32.2. The van der Waals surface area contributed by atoms with Gasteiger partial charge in [0, 0.05) is 14.4 Å². The summed E-state index contributed by atoms with van der Waals surface area (Å²) in [4.78, 5) is 2.59. The van der Waals surface area contributed by atoms with Gasteiger partial charge in [0.25, 0.3) is 0 Å². The summed E-state index contributed by atoms with van der Waals surface area (Å²) in [5.41, 5.74) is 2.08. The van der Waals surface area contributed by atoms with Gasteiger partial charge in [-0.2, -0.15) is 0 Å². The Bertz CT molecular complexity index is 836. The predicted octanol–water partition coefficient (Wildman–Crippen LogP) is 3.09. The fourth-order valence-electron chi connectivity index (χ4n) is 2.44. The number of benzene rings is 2. The van der Waals surface area contributed by atoms with Crippen LogP contribution in [0.3, 0.4) is 0 Å². The zero-order chi connectivity index (χ0) is 18.7. The van der Waals surface area contributed by atoms with E-state index in [1.807, 2.05) is 32.9 Å². The second-order valence-electron chi connectivity index (χ2n) is 6.30. The highest BCUT2D eigenvalue weighted by Crippen LogP contribution is 2.17. The third-order valence-electron chi connectivity index (χ3n) is 4.02. The Labute approximate surface area is 151 Å². The summed E-state index contributed by atoms with van der Waals surface area (Å²) in [6.45, 7) is 6.20. The molecule has 136 valence electrons. The molecule has 0 aromatic heterocycles. The summed E-state index contributed by atoms with van der Waals surface area (Å²) >= 11 is 0. The SMILES string of the molecule is C=S(=O)(CN(CC)CS(=O)(=O)c1ccc(C)cc1)c1ccc(C)cc1. The van der Waals surface area contributed by atoms with Gasteiger partial charge in [0.15, 0.2) is 9.84 Å². The largest absolute Gasteiger partial charge is 0.278 e. The first-order valence-electron chi connectivity index (χ1n) is 8.07. The standard InChI is InChI=1S/C19H25NO3S2/c1-5-20(14-24(4,21)18-10-6-16(2)7-11-18)15-25(22,23)19-12-8-17(3)9-13-19/h6-13H,4-5,14-15H2,1-3H3. The number of aryl methyl sites for hydroxylation is 2. The van der Waals surface area contributed by atoms with Gasteiger partial charge in [0.05, 0.1) is 10.8 Å². The van der Waals surface area contributed by atoms with E-state index in [1.54, 1.807) is 41.3 Å². The lowest BCUT2D eigenvalue weighted by atomic mass is 10.2. The zero-order valence-electron chi connectivity index (χ0n) is 14.9. The molecular formula is C19H25NO3S2. The molecule has 0 N–H and O–H groups in total. The van der Waals surface area contributed by atoms with Crippen molar-refractivity contribution in [1.29, 1.82) is 0 Å². The molecule has 4 nitrogen and oxygen atoms in total. The molecule has 0 aliphatic heterocycles. The molecule has 25 heavy (non-hydrogen) atoms. The average Bonchev–Trinajstić information content (AvgIpc) is 2.54. The quantitative estimate of drug-likeness (QED) is 0.694. The Morgan fingerprint density at radius 2 is 1.24 bits per heavy atom. The maximum atomic E-state index is 13.0.